The largest absolute Gasteiger partial charge is 0.462 e. The van der Waals surface area contributed by atoms with Gasteiger partial charge in [-0.1, -0.05) is 6.58 Å². The van der Waals surface area contributed by atoms with Crippen molar-refractivity contribution in [1.29, 1.82) is 0 Å². The van der Waals surface area contributed by atoms with Crippen LogP contribution < -0.4 is 0 Å². The Morgan fingerprint density at radius 3 is 2.18 bits per heavy atom. The van der Waals surface area contributed by atoms with Crippen LogP contribution in [0.5, 0.6) is 0 Å². The number of rotatable bonds is 9. The van der Waals surface area contributed by atoms with Crippen LogP contribution in [0.1, 0.15) is 26.2 Å². The van der Waals surface area contributed by atoms with E-state index in [-0.39, 0.29) is 18.8 Å². The van der Waals surface area contributed by atoms with Crippen molar-refractivity contribution in [2.24, 2.45) is 0 Å². The van der Waals surface area contributed by atoms with Gasteiger partial charge in [0.15, 0.2) is 0 Å². The molecule has 0 saturated carbocycles. The minimum atomic E-state index is -0.725. The minimum Gasteiger partial charge on any atom is -0.462 e. The molecule has 17 heavy (non-hydrogen) atoms. The Balaban J connectivity index is 3.64. The summed E-state index contributed by atoms with van der Waals surface area (Å²) >= 11 is 0. The van der Waals surface area contributed by atoms with Crippen molar-refractivity contribution in [3.8, 4) is 0 Å². The molecule has 0 rings (SSSR count). The van der Waals surface area contributed by atoms with Gasteiger partial charge in [-0.15, -0.1) is 0 Å². The second kappa shape index (κ2) is 9.84. The third-order valence-electron chi connectivity index (χ3n) is 1.99. The van der Waals surface area contributed by atoms with Crippen molar-refractivity contribution in [2.45, 2.75) is 26.2 Å². The molecule has 0 aliphatic rings. The molecule has 0 aromatic rings. The minimum absolute atomic E-state index is 0.210. The van der Waals surface area contributed by atoms with Crippen molar-refractivity contribution >= 4 is 11.9 Å². The summed E-state index contributed by atoms with van der Waals surface area (Å²) in [5.41, 5.74) is -0.260. The fourth-order valence-corrected chi connectivity index (χ4v) is 1.08. The lowest BCUT2D eigenvalue weighted by molar-refractivity contribution is -0.146. The zero-order valence-corrected chi connectivity index (χ0v) is 10.5. The molecular formula is C12H20O5. The standard InChI is InChI=1S/C12H20O5/c1-4-16-11(13)10(2)12(14)17-9-7-5-6-8-15-3/h2,4-9H2,1,3H3. The Morgan fingerprint density at radius 1 is 1.00 bits per heavy atom. The quantitative estimate of drug-likeness (QED) is 0.202. The van der Waals surface area contributed by atoms with E-state index in [0.717, 1.165) is 19.3 Å². The first-order valence-corrected chi connectivity index (χ1v) is 5.65. The molecule has 0 fully saturated rings. The highest BCUT2D eigenvalue weighted by Crippen LogP contribution is 2.01. The monoisotopic (exact) mass is 244 g/mol. The van der Waals surface area contributed by atoms with Crippen LogP contribution in [0, 0.1) is 0 Å². The van der Waals surface area contributed by atoms with E-state index in [1.165, 1.54) is 0 Å². The summed E-state index contributed by atoms with van der Waals surface area (Å²) in [7, 11) is 1.64. The number of carbonyl (C=O) groups excluding carboxylic acids is 2. The Hall–Kier alpha value is -1.36. The number of unbranched alkanes of at least 4 members (excludes halogenated alkanes) is 2. The lowest BCUT2D eigenvalue weighted by Crippen LogP contribution is -2.17. The smallest absolute Gasteiger partial charge is 0.344 e. The summed E-state index contributed by atoms with van der Waals surface area (Å²) in [6.45, 7) is 6.18. The Labute approximate surface area is 102 Å². The normalized spacial score (nSPS) is 9.76. The summed E-state index contributed by atoms with van der Waals surface area (Å²) < 4.78 is 14.4. The zero-order valence-electron chi connectivity index (χ0n) is 10.5. The highest BCUT2D eigenvalue weighted by Gasteiger charge is 2.17. The number of methoxy groups -OCH3 is 1. The molecule has 98 valence electrons. The van der Waals surface area contributed by atoms with Gasteiger partial charge < -0.3 is 14.2 Å². The molecule has 0 unspecified atom stereocenters. The summed E-state index contributed by atoms with van der Waals surface area (Å²) in [6, 6.07) is 0. The molecule has 5 heteroatoms. The SMILES string of the molecule is C=C(C(=O)OCC)C(=O)OCCCCCOC. The van der Waals surface area contributed by atoms with Gasteiger partial charge >= 0.3 is 11.9 Å². The lowest BCUT2D eigenvalue weighted by atomic mass is 10.2. The van der Waals surface area contributed by atoms with Gasteiger partial charge in [-0.3, -0.25) is 0 Å². The van der Waals surface area contributed by atoms with Crippen LogP contribution in [0.2, 0.25) is 0 Å². The Morgan fingerprint density at radius 2 is 1.59 bits per heavy atom. The molecule has 0 aromatic heterocycles. The van der Waals surface area contributed by atoms with Crippen LogP contribution in [0.15, 0.2) is 12.2 Å². The summed E-state index contributed by atoms with van der Waals surface area (Å²) in [5.74, 6) is -1.44. The van der Waals surface area contributed by atoms with Gasteiger partial charge in [0.2, 0.25) is 0 Å². The summed E-state index contributed by atoms with van der Waals surface area (Å²) in [4.78, 5) is 22.4. The fraction of sp³-hybridized carbons (Fsp3) is 0.667. The number of hydrogen-bond donors (Lipinski definition) is 0. The first-order chi connectivity index (χ1) is 8.13. The average Bonchev–Trinajstić information content (AvgIpc) is 2.32. The van der Waals surface area contributed by atoms with Crippen molar-refractivity contribution in [2.75, 3.05) is 26.9 Å². The van der Waals surface area contributed by atoms with E-state index in [9.17, 15) is 9.59 Å². The predicted molar refractivity (Wildman–Crippen MR) is 62.5 cm³/mol. The van der Waals surface area contributed by atoms with E-state index in [2.05, 4.69) is 11.3 Å². The first kappa shape index (κ1) is 15.6. The van der Waals surface area contributed by atoms with E-state index >= 15 is 0 Å². The summed E-state index contributed by atoms with van der Waals surface area (Å²) in [5, 5.41) is 0. The maximum atomic E-state index is 11.3. The third-order valence-corrected chi connectivity index (χ3v) is 1.99. The van der Waals surface area contributed by atoms with Gasteiger partial charge in [-0.05, 0) is 26.2 Å². The second-order valence-electron chi connectivity index (χ2n) is 3.39. The Kier molecular flexibility index (Phi) is 9.05. The van der Waals surface area contributed by atoms with E-state index in [1.807, 2.05) is 0 Å². The number of carbonyl (C=O) groups is 2. The van der Waals surface area contributed by atoms with Crippen molar-refractivity contribution in [3.05, 3.63) is 12.2 Å². The molecule has 0 saturated heterocycles. The molecule has 0 spiro atoms. The highest BCUT2D eigenvalue weighted by molar-refractivity contribution is 6.13. The maximum absolute atomic E-state index is 11.3. The highest BCUT2D eigenvalue weighted by atomic mass is 16.6. The number of ether oxygens (including phenoxy) is 3. The van der Waals surface area contributed by atoms with Crippen molar-refractivity contribution < 1.29 is 23.8 Å². The van der Waals surface area contributed by atoms with Crippen LogP contribution in [0.25, 0.3) is 0 Å². The number of hydrogen-bond acceptors (Lipinski definition) is 5. The van der Waals surface area contributed by atoms with Crippen molar-refractivity contribution in [1.82, 2.24) is 0 Å². The maximum Gasteiger partial charge on any atom is 0.344 e. The molecule has 0 aliphatic heterocycles. The van der Waals surface area contributed by atoms with Gasteiger partial charge in [-0.2, -0.15) is 0 Å². The molecule has 0 atom stereocenters. The van der Waals surface area contributed by atoms with Gasteiger partial charge in [0.05, 0.1) is 13.2 Å². The average molecular weight is 244 g/mol. The molecule has 0 amide bonds. The Bertz CT molecular complexity index is 260. The number of esters is 2. The van der Waals surface area contributed by atoms with Crippen LogP contribution in [0.3, 0.4) is 0 Å². The predicted octanol–water partition coefficient (Wildman–Crippen LogP) is 1.47. The molecule has 0 aliphatic carbocycles. The molecule has 0 aromatic carbocycles. The van der Waals surface area contributed by atoms with E-state index < -0.39 is 11.9 Å². The van der Waals surface area contributed by atoms with Crippen LogP contribution in [0.4, 0.5) is 0 Å². The molecule has 0 N–H and O–H groups in total. The van der Waals surface area contributed by atoms with Gasteiger partial charge in [0.25, 0.3) is 0 Å². The first-order valence-electron chi connectivity index (χ1n) is 5.65. The molecule has 5 nitrogen and oxygen atoms in total. The zero-order chi connectivity index (χ0) is 13.1. The van der Waals surface area contributed by atoms with E-state index in [4.69, 9.17) is 9.47 Å². The van der Waals surface area contributed by atoms with E-state index in [1.54, 1.807) is 14.0 Å². The fourth-order valence-electron chi connectivity index (χ4n) is 1.08. The van der Waals surface area contributed by atoms with Gasteiger partial charge in [-0.25, -0.2) is 9.59 Å². The van der Waals surface area contributed by atoms with Crippen LogP contribution in [-0.4, -0.2) is 38.9 Å². The molecule has 0 bridgehead atoms. The summed E-state index contributed by atoms with van der Waals surface area (Å²) in [6.07, 6.45) is 2.57. The van der Waals surface area contributed by atoms with Gasteiger partial charge in [0, 0.05) is 13.7 Å². The van der Waals surface area contributed by atoms with E-state index in [0.29, 0.717) is 6.61 Å². The lowest BCUT2D eigenvalue weighted by Gasteiger charge is -2.06. The van der Waals surface area contributed by atoms with Crippen molar-refractivity contribution in [3.63, 3.8) is 0 Å². The van der Waals surface area contributed by atoms with Crippen LogP contribution in [-0.2, 0) is 23.8 Å². The molecule has 0 heterocycles. The molecular weight excluding hydrogens is 224 g/mol. The third kappa shape index (κ3) is 7.52. The van der Waals surface area contributed by atoms with Crippen LogP contribution >= 0.6 is 0 Å². The second-order valence-corrected chi connectivity index (χ2v) is 3.39. The topological polar surface area (TPSA) is 61.8 Å². The molecule has 0 radical (unpaired) electrons. The van der Waals surface area contributed by atoms with Gasteiger partial charge in [0.1, 0.15) is 5.57 Å².